The fraction of sp³-hybridized carbons (Fsp3) is 0.412. The Hall–Kier alpha value is -2.10. The van der Waals surface area contributed by atoms with Gasteiger partial charge in [-0.2, -0.15) is 4.98 Å². The number of para-hydroxylation sites is 1. The number of nitrogens with zero attached hydrogens (tertiary/aromatic N) is 3. The summed E-state index contributed by atoms with van der Waals surface area (Å²) in [4.78, 5) is 11.1. The third-order valence-electron chi connectivity index (χ3n) is 3.37. The van der Waals surface area contributed by atoms with Gasteiger partial charge in [-0.3, -0.25) is 0 Å². The molecule has 1 heterocycles. The SMILES string of the molecule is CCCCCNc1cc(C)nc(N(C)c2ccccc2)n1. The number of hydrogen-bond acceptors (Lipinski definition) is 4. The lowest BCUT2D eigenvalue weighted by atomic mass is 10.2. The van der Waals surface area contributed by atoms with Crippen LogP contribution in [-0.2, 0) is 0 Å². The van der Waals surface area contributed by atoms with Gasteiger partial charge in [-0.25, -0.2) is 4.98 Å². The van der Waals surface area contributed by atoms with Gasteiger partial charge in [-0.1, -0.05) is 38.0 Å². The number of aromatic nitrogens is 2. The van der Waals surface area contributed by atoms with Gasteiger partial charge in [-0.05, 0) is 25.5 Å². The minimum Gasteiger partial charge on any atom is -0.370 e. The van der Waals surface area contributed by atoms with Crippen LogP contribution in [-0.4, -0.2) is 23.6 Å². The van der Waals surface area contributed by atoms with Crippen molar-refractivity contribution in [3.05, 3.63) is 42.1 Å². The largest absolute Gasteiger partial charge is 0.370 e. The number of benzene rings is 1. The maximum Gasteiger partial charge on any atom is 0.231 e. The van der Waals surface area contributed by atoms with Gasteiger partial charge in [0.15, 0.2) is 0 Å². The van der Waals surface area contributed by atoms with Gasteiger partial charge in [0.25, 0.3) is 0 Å². The Bertz CT molecular complexity index is 554. The zero-order chi connectivity index (χ0) is 15.1. The molecule has 4 heteroatoms. The summed E-state index contributed by atoms with van der Waals surface area (Å²) in [5, 5.41) is 3.39. The Morgan fingerprint density at radius 2 is 1.86 bits per heavy atom. The molecule has 0 fully saturated rings. The molecule has 1 N–H and O–H groups in total. The van der Waals surface area contributed by atoms with Gasteiger partial charge < -0.3 is 10.2 Å². The van der Waals surface area contributed by atoms with Crippen molar-refractivity contribution in [3.8, 4) is 0 Å². The van der Waals surface area contributed by atoms with Crippen LogP contribution in [0.4, 0.5) is 17.5 Å². The predicted octanol–water partition coefficient (Wildman–Crippen LogP) is 4.16. The van der Waals surface area contributed by atoms with Crippen molar-refractivity contribution in [2.45, 2.75) is 33.1 Å². The Balaban J connectivity index is 2.11. The van der Waals surface area contributed by atoms with E-state index in [4.69, 9.17) is 0 Å². The van der Waals surface area contributed by atoms with Crippen LogP contribution in [0, 0.1) is 6.92 Å². The molecule has 2 aromatic rings. The summed E-state index contributed by atoms with van der Waals surface area (Å²) in [6.45, 7) is 5.17. The number of hydrogen-bond donors (Lipinski definition) is 1. The quantitative estimate of drug-likeness (QED) is 0.775. The zero-order valence-corrected chi connectivity index (χ0v) is 13.1. The van der Waals surface area contributed by atoms with E-state index in [-0.39, 0.29) is 0 Å². The number of aryl methyl sites for hydroxylation is 1. The highest BCUT2D eigenvalue weighted by Crippen LogP contribution is 2.21. The monoisotopic (exact) mass is 284 g/mol. The number of nitrogens with one attached hydrogen (secondary N) is 1. The molecule has 0 atom stereocenters. The third kappa shape index (κ3) is 4.45. The molecule has 1 aromatic carbocycles. The standard InChI is InChI=1S/C17H24N4/c1-4-5-9-12-18-16-13-14(2)19-17(20-16)21(3)15-10-7-6-8-11-15/h6-8,10-11,13H,4-5,9,12H2,1-3H3,(H,18,19,20). The fourth-order valence-electron chi connectivity index (χ4n) is 2.15. The van der Waals surface area contributed by atoms with Crippen LogP contribution < -0.4 is 10.2 Å². The van der Waals surface area contributed by atoms with Gasteiger partial charge >= 0.3 is 0 Å². The van der Waals surface area contributed by atoms with Crippen LogP contribution in [0.2, 0.25) is 0 Å². The lowest BCUT2D eigenvalue weighted by Crippen LogP contribution is -2.15. The van der Waals surface area contributed by atoms with Crippen molar-refractivity contribution in [1.82, 2.24) is 9.97 Å². The van der Waals surface area contributed by atoms with E-state index < -0.39 is 0 Å². The molecule has 0 amide bonds. The van der Waals surface area contributed by atoms with Crippen LogP contribution in [0.1, 0.15) is 31.9 Å². The number of unbranched alkanes of at least 4 members (excludes halogenated alkanes) is 2. The smallest absolute Gasteiger partial charge is 0.231 e. The first-order chi connectivity index (χ1) is 10.2. The summed E-state index contributed by atoms with van der Waals surface area (Å²) in [6, 6.07) is 12.2. The van der Waals surface area contributed by atoms with E-state index in [2.05, 4.69) is 34.3 Å². The molecule has 0 saturated heterocycles. The van der Waals surface area contributed by atoms with Crippen molar-refractivity contribution in [1.29, 1.82) is 0 Å². The van der Waals surface area contributed by atoms with Crippen molar-refractivity contribution in [2.24, 2.45) is 0 Å². The van der Waals surface area contributed by atoms with Crippen molar-refractivity contribution in [2.75, 3.05) is 23.8 Å². The Morgan fingerprint density at radius 3 is 2.57 bits per heavy atom. The Morgan fingerprint density at radius 1 is 1.10 bits per heavy atom. The fourth-order valence-corrected chi connectivity index (χ4v) is 2.15. The van der Waals surface area contributed by atoms with E-state index in [1.807, 2.05) is 43.1 Å². The second kappa shape index (κ2) is 7.62. The van der Waals surface area contributed by atoms with Crippen LogP contribution in [0.15, 0.2) is 36.4 Å². The van der Waals surface area contributed by atoms with E-state index in [0.29, 0.717) is 0 Å². The first-order valence-electron chi connectivity index (χ1n) is 7.59. The van der Waals surface area contributed by atoms with Crippen LogP contribution >= 0.6 is 0 Å². The highest BCUT2D eigenvalue weighted by Gasteiger charge is 2.08. The van der Waals surface area contributed by atoms with Gasteiger partial charge in [-0.15, -0.1) is 0 Å². The summed E-state index contributed by atoms with van der Waals surface area (Å²) in [5.41, 5.74) is 2.06. The topological polar surface area (TPSA) is 41.1 Å². The zero-order valence-electron chi connectivity index (χ0n) is 13.1. The Kier molecular flexibility index (Phi) is 5.55. The molecule has 0 aliphatic rings. The summed E-state index contributed by atoms with van der Waals surface area (Å²) >= 11 is 0. The van der Waals surface area contributed by atoms with E-state index in [9.17, 15) is 0 Å². The summed E-state index contributed by atoms with van der Waals surface area (Å²) in [5.74, 6) is 1.62. The van der Waals surface area contributed by atoms with Crippen molar-refractivity contribution in [3.63, 3.8) is 0 Å². The maximum atomic E-state index is 4.61. The highest BCUT2D eigenvalue weighted by atomic mass is 15.2. The molecule has 0 radical (unpaired) electrons. The molecule has 0 saturated carbocycles. The van der Waals surface area contributed by atoms with Gasteiger partial charge in [0.1, 0.15) is 5.82 Å². The van der Waals surface area contributed by atoms with Crippen LogP contribution in [0.5, 0.6) is 0 Å². The molecule has 0 bridgehead atoms. The summed E-state index contributed by atoms with van der Waals surface area (Å²) in [6.07, 6.45) is 3.64. The third-order valence-corrected chi connectivity index (χ3v) is 3.37. The maximum absolute atomic E-state index is 4.61. The molecular weight excluding hydrogens is 260 g/mol. The molecule has 112 valence electrons. The normalized spacial score (nSPS) is 10.4. The van der Waals surface area contributed by atoms with Crippen molar-refractivity contribution >= 4 is 17.5 Å². The van der Waals surface area contributed by atoms with E-state index in [0.717, 1.165) is 29.7 Å². The minimum atomic E-state index is 0.721. The van der Waals surface area contributed by atoms with E-state index in [1.165, 1.54) is 19.3 Å². The molecular formula is C17H24N4. The molecule has 0 aliphatic carbocycles. The van der Waals surface area contributed by atoms with Crippen LogP contribution in [0.3, 0.4) is 0 Å². The molecule has 1 aromatic heterocycles. The molecule has 0 spiro atoms. The number of rotatable bonds is 7. The first-order valence-corrected chi connectivity index (χ1v) is 7.59. The van der Waals surface area contributed by atoms with Gasteiger partial charge in [0, 0.05) is 31.0 Å². The lowest BCUT2D eigenvalue weighted by Gasteiger charge is -2.18. The Labute approximate surface area is 127 Å². The molecule has 2 rings (SSSR count). The molecule has 0 aliphatic heterocycles. The highest BCUT2D eigenvalue weighted by molar-refractivity contribution is 5.57. The van der Waals surface area contributed by atoms with E-state index in [1.54, 1.807) is 0 Å². The van der Waals surface area contributed by atoms with Crippen molar-refractivity contribution < 1.29 is 0 Å². The van der Waals surface area contributed by atoms with Gasteiger partial charge in [0.05, 0.1) is 0 Å². The first kappa shape index (κ1) is 15.3. The average Bonchev–Trinajstić information content (AvgIpc) is 2.51. The second-order valence-electron chi connectivity index (χ2n) is 5.22. The van der Waals surface area contributed by atoms with Gasteiger partial charge in [0.2, 0.25) is 5.95 Å². The molecule has 21 heavy (non-hydrogen) atoms. The lowest BCUT2D eigenvalue weighted by molar-refractivity contribution is 0.742. The van der Waals surface area contributed by atoms with E-state index >= 15 is 0 Å². The second-order valence-corrected chi connectivity index (χ2v) is 5.22. The summed E-state index contributed by atoms with van der Waals surface area (Å²) < 4.78 is 0. The summed E-state index contributed by atoms with van der Waals surface area (Å²) in [7, 11) is 1.99. The molecule has 4 nitrogen and oxygen atoms in total. The van der Waals surface area contributed by atoms with Crippen LogP contribution in [0.25, 0.3) is 0 Å². The minimum absolute atomic E-state index is 0.721. The average molecular weight is 284 g/mol. The predicted molar refractivity (Wildman–Crippen MR) is 89.3 cm³/mol. The molecule has 0 unspecified atom stereocenters. The number of anilines is 3.